The van der Waals surface area contributed by atoms with Gasteiger partial charge in [0.2, 0.25) is 0 Å². The Balaban J connectivity index is 3.98. The molecule has 54 valence electrons. The van der Waals surface area contributed by atoms with E-state index in [9.17, 15) is 4.91 Å². The van der Waals surface area contributed by atoms with Crippen LogP contribution in [0.1, 0.15) is 20.8 Å². The van der Waals surface area contributed by atoms with Gasteiger partial charge >= 0.3 is 0 Å². The van der Waals surface area contributed by atoms with Crippen molar-refractivity contribution in [2.45, 2.75) is 20.8 Å². The van der Waals surface area contributed by atoms with Crippen molar-refractivity contribution in [1.82, 2.24) is 0 Å². The molecule has 0 fully saturated rings. The molecule has 0 aromatic heterocycles. The van der Waals surface area contributed by atoms with Crippen LogP contribution in [0.3, 0.4) is 0 Å². The number of quaternary nitrogens is 1. The van der Waals surface area contributed by atoms with E-state index in [0.29, 0.717) is 4.59 Å². The zero-order valence-corrected chi connectivity index (χ0v) is 6.42. The Kier molecular flexibility index (Phi) is 3.39. The van der Waals surface area contributed by atoms with Crippen LogP contribution in [0.15, 0.2) is 5.29 Å². The summed E-state index contributed by atoms with van der Waals surface area (Å²) < 4.78 is 0.347. The van der Waals surface area contributed by atoms with Gasteiger partial charge in [0.1, 0.15) is 19.6 Å². The normalized spacial score (nSPS) is 11.4. The molecule has 0 aliphatic heterocycles. The molecule has 0 N–H and O–H groups in total. The topological polar surface area (TPSA) is 29.4 Å². The predicted molar refractivity (Wildman–Crippen MR) is 37.7 cm³/mol. The van der Waals surface area contributed by atoms with Gasteiger partial charge in [-0.3, -0.25) is 0 Å². The molecule has 0 aliphatic rings. The van der Waals surface area contributed by atoms with E-state index in [-0.39, 0.29) is 0 Å². The van der Waals surface area contributed by atoms with E-state index in [4.69, 9.17) is 0 Å². The number of hydrogen-bond acceptors (Lipinski definition) is 2. The van der Waals surface area contributed by atoms with Crippen molar-refractivity contribution in [3.05, 3.63) is 4.91 Å². The largest absolute Gasteiger partial charge is 0.161 e. The highest BCUT2D eigenvalue weighted by Gasteiger charge is 2.21. The van der Waals surface area contributed by atoms with Gasteiger partial charge < -0.3 is 0 Å². The van der Waals surface area contributed by atoms with Crippen LogP contribution < -0.4 is 0 Å². The summed E-state index contributed by atoms with van der Waals surface area (Å²) in [6.45, 7) is 8.35. The van der Waals surface area contributed by atoms with Gasteiger partial charge in [0.05, 0.1) is 0 Å². The summed E-state index contributed by atoms with van der Waals surface area (Å²) in [4.78, 5) is 10.2. The molecule has 0 heterocycles. The lowest BCUT2D eigenvalue weighted by molar-refractivity contribution is -0.931. The van der Waals surface area contributed by atoms with E-state index in [1.54, 1.807) is 0 Å². The maximum atomic E-state index is 10.2. The fourth-order valence-corrected chi connectivity index (χ4v) is 0.844. The smallest absolute Gasteiger partial charge is 0.153 e. The molecule has 0 saturated heterocycles. The molecule has 0 atom stereocenters. The Labute approximate surface area is 56.2 Å². The first-order valence-corrected chi connectivity index (χ1v) is 3.45. The van der Waals surface area contributed by atoms with Crippen LogP contribution in [0.4, 0.5) is 0 Å². The van der Waals surface area contributed by atoms with E-state index in [1.165, 1.54) is 0 Å². The van der Waals surface area contributed by atoms with E-state index in [1.807, 2.05) is 20.8 Å². The Hall–Kier alpha value is -0.440. The van der Waals surface area contributed by atoms with Gasteiger partial charge in [-0.25, -0.2) is 0 Å². The molecule has 0 bridgehead atoms. The minimum Gasteiger partial charge on any atom is -0.161 e. The minimum atomic E-state index is 0.347. The van der Waals surface area contributed by atoms with E-state index in [0.717, 1.165) is 19.6 Å². The van der Waals surface area contributed by atoms with E-state index in [2.05, 4.69) is 5.29 Å². The number of rotatable bonds is 4. The first kappa shape index (κ1) is 8.56. The van der Waals surface area contributed by atoms with Gasteiger partial charge in [0, 0.05) is 0 Å². The molecule has 3 heteroatoms. The lowest BCUT2D eigenvalue weighted by Gasteiger charge is -2.22. The van der Waals surface area contributed by atoms with Crippen molar-refractivity contribution in [3.63, 3.8) is 0 Å². The van der Waals surface area contributed by atoms with Crippen molar-refractivity contribution in [2.75, 3.05) is 19.6 Å². The Morgan fingerprint density at radius 1 is 1.11 bits per heavy atom. The fourth-order valence-electron chi connectivity index (χ4n) is 0.844. The lowest BCUT2D eigenvalue weighted by atomic mass is 10.5. The molecule has 3 nitrogen and oxygen atoms in total. The van der Waals surface area contributed by atoms with Crippen LogP contribution in [0, 0.1) is 4.91 Å². The Morgan fingerprint density at radius 2 is 1.44 bits per heavy atom. The zero-order chi connectivity index (χ0) is 7.33. The van der Waals surface area contributed by atoms with Crippen LogP contribution >= 0.6 is 0 Å². The van der Waals surface area contributed by atoms with E-state index >= 15 is 0 Å². The molecule has 0 aromatic rings. The molecule has 0 spiro atoms. The summed E-state index contributed by atoms with van der Waals surface area (Å²) in [5, 5.41) is 3.06. The van der Waals surface area contributed by atoms with Crippen LogP contribution in [-0.2, 0) is 0 Å². The second-order valence-corrected chi connectivity index (χ2v) is 2.13. The number of nitroso groups, excluding NO2 is 1. The highest BCUT2D eigenvalue weighted by Crippen LogP contribution is 2.04. The summed E-state index contributed by atoms with van der Waals surface area (Å²) in [6.07, 6.45) is 0. The lowest BCUT2D eigenvalue weighted by Crippen LogP contribution is -2.41. The van der Waals surface area contributed by atoms with Crippen LogP contribution in [0.5, 0.6) is 0 Å². The average Bonchev–Trinajstić information content (AvgIpc) is 1.95. The molecule has 0 aliphatic carbocycles. The molecule has 0 unspecified atom stereocenters. The summed E-state index contributed by atoms with van der Waals surface area (Å²) in [5.74, 6) is 0. The monoisotopic (exact) mass is 131 g/mol. The van der Waals surface area contributed by atoms with Gasteiger partial charge in [-0.2, -0.15) is 4.59 Å². The molecule has 0 rings (SSSR count). The molecule has 0 radical (unpaired) electrons. The van der Waals surface area contributed by atoms with Crippen LogP contribution in [-0.4, -0.2) is 24.2 Å². The van der Waals surface area contributed by atoms with Crippen molar-refractivity contribution in [2.24, 2.45) is 5.29 Å². The molecular formula is C6H15N2O+. The maximum absolute atomic E-state index is 10.2. The average molecular weight is 131 g/mol. The van der Waals surface area contributed by atoms with Crippen molar-refractivity contribution in [1.29, 1.82) is 0 Å². The second-order valence-electron chi connectivity index (χ2n) is 2.13. The Morgan fingerprint density at radius 3 is 1.44 bits per heavy atom. The third kappa shape index (κ3) is 1.75. The fraction of sp³-hybridized carbons (Fsp3) is 1.00. The van der Waals surface area contributed by atoms with Gasteiger partial charge in [-0.15, -0.1) is 0 Å². The van der Waals surface area contributed by atoms with Gasteiger partial charge in [-0.05, 0) is 20.8 Å². The third-order valence-corrected chi connectivity index (χ3v) is 1.94. The van der Waals surface area contributed by atoms with Crippen LogP contribution in [0.2, 0.25) is 0 Å². The van der Waals surface area contributed by atoms with Crippen molar-refractivity contribution >= 4 is 0 Å². The molecule has 0 aromatic carbocycles. The zero-order valence-electron chi connectivity index (χ0n) is 6.42. The summed E-state index contributed by atoms with van der Waals surface area (Å²) in [6, 6.07) is 0. The minimum absolute atomic E-state index is 0.347. The number of nitrogens with zero attached hydrogens (tertiary/aromatic N) is 2. The Bertz CT molecular complexity index is 80.8. The van der Waals surface area contributed by atoms with Crippen molar-refractivity contribution in [3.8, 4) is 0 Å². The molecule has 0 amide bonds. The predicted octanol–water partition coefficient (Wildman–Crippen LogP) is 1.54. The first-order valence-electron chi connectivity index (χ1n) is 3.45. The van der Waals surface area contributed by atoms with Gasteiger partial charge in [0.15, 0.2) is 5.29 Å². The highest BCUT2D eigenvalue weighted by atomic mass is 16.3. The van der Waals surface area contributed by atoms with Gasteiger partial charge in [-0.1, -0.05) is 4.91 Å². The van der Waals surface area contributed by atoms with E-state index < -0.39 is 0 Å². The maximum Gasteiger partial charge on any atom is 0.153 e. The first-order chi connectivity index (χ1) is 4.24. The quantitative estimate of drug-likeness (QED) is 0.323. The molecule has 0 saturated carbocycles. The van der Waals surface area contributed by atoms with Gasteiger partial charge in [0.25, 0.3) is 0 Å². The number of hydrogen-bond donors (Lipinski definition) is 0. The third-order valence-electron chi connectivity index (χ3n) is 1.94. The summed E-state index contributed by atoms with van der Waals surface area (Å²) in [7, 11) is 0. The second kappa shape index (κ2) is 3.56. The molecular weight excluding hydrogens is 116 g/mol. The SMILES string of the molecule is CC[N+](CC)(CC)N=O. The standard InChI is InChI=1S/C6H15N2O/c1-4-8(5-2,6-3)7-9/h4-6H2,1-3H3/q+1. The van der Waals surface area contributed by atoms with Crippen LogP contribution in [0.25, 0.3) is 0 Å². The summed E-state index contributed by atoms with van der Waals surface area (Å²) >= 11 is 0. The highest BCUT2D eigenvalue weighted by molar-refractivity contribution is 4.26. The summed E-state index contributed by atoms with van der Waals surface area (Å²) in [5.41, 5.74) is 0. The van der Waals surface area contributed by atoms with Crippen molar-refractivity contribution < 1.29 is 4.59 Å². The molecule has 9 heavy (non-hydrogen) atoms.